The fourth-order valence-electron chi connectivity index (χ4n) is 4.21. The van der Waals surface area contributed by atoms with Gasteiger partial charge in [-0.05, 0) is 43.7 Å². The monoisotopic (exact) mass is 381 g/mol. The second kappa shape index (κ2) is 6.50. The molecule has 0 saturated carbocycles. The van der Waals surface area contributed by atoms with E-state index in [4.69, 9.17) is 8.83 Å². The largest absolute Gasteiger partial charge is 0.464 e. The third kappa shape index (κ3) is 2.93. The molecule has 1 saturated heterocycles. The zero-order valence-electron chi connectivity index (χ0n) is 17.3. The molecule has 0 atom stereocenters. The van der Waals surface area contributed by atoms with Crippen molar-refractivity contribution in [3.8, 4) is 0 Å². The number of furan rings is 1. The lowest BCUT2D eigenvalue weighted by Crippen LogP contribution is -2.31. The van der Waals surface area contributed by atoms with Gasteiger partial charge in [0.05, 0.1) is 18.2 Å². The number of likely N-dealkylation sites (tertiary alicyclic amines) is 1. The van der Waals surface area contributed by atoms with E-state index < -0.39 is 5.63 Å². The maximum absolute atomic E-state index is 12.7. The van der Waals surface area contributed by atoms with Crippen LogP contribution in [0.4, 0.5) is 0 Å². The molecular weight excluding hydrogens is 354 g/mol. The summed E-state index contributed by atoms with van der Waals surface area (Å²) in [6.45, 7) is 11.8. The second-order valence-electron chi connectivity index (χ2n) is 8.91. The summed E-state index contributed by atoms with van der Waals surface area (Å²) in [7, 11) is 0. The lowest BCUT2D eigenvalue weighted by molar-refractivity contribution is -0.129. The van der Waals surface area contributed by atoms with Crippen LogP contribution in [0.3, 0.4) is 0 Å². The molecule has 5 heteroatoms. The molecule has 3 aromatic rings. The average Bonchev–Trinajstić information content (AvgIpc) is 3.29. The molecule has 3 heterocycles. The predicted octanol–water partition coefficient (Wildman–Crippen LogP) is 4.62. The number of benzene rings is 1. The van der Waals surface area contributed by atoms with E-state index in [1.54, 1.807) is 6.26 Å². The Morgan fingerprint density at radius 3 is 2.39 bits per heavy atom. The minimum Gasteiger partial charge on any atom is -0.464 e. The number of fused-ring (bicyclic) bond motifs is 2. The molecule has 0 N–H and O–H groups in total. The van der Waals surface area contributed by atoms with E-state index in [0.717, 1.165) is 59.0 Å². The highest BCUT2D eigenvalue weighted by molar-refractivity contribution is 6.00. The summed E-state index contributed by atoms with van der Waals surface area (Å²) in [4.78, 5) is 27.1. The third-order valence-electron chi connectivity index (χ3n) is 5.94. The summed E-state index contributed by atoms with van der Waals surface area (Å²) in [5.41, 5.74) is 4.02. The quantitative estimate of drug-likeness (QED) is 0.608. The van der Waals surface area contributed by atoms with Crippen molar-refractivity contribution >= 4 is 27.8 Å². The fraction of sp³-hybridized carbons (Fsp3) is 0.478. The highest BCUT2D eigenvalue weighted by Crippen LogP contribution is 2.37. The standard InChI is InChI=1S/C23H27NO4/c1-13-15-10-17-18(23(3,4)5)12-27-20(17)14(2)21(15)28-22(26)16(13)11-19(25)24-8-6-7-9-24/h10,12H,6-9,11H2,1-5H3. The maximum Gasteiger partial charge on any atom is 0.340 e. The summed E-state index contributed by atoms with van der Waals surface area (Å²) < 4.78 is 11.5. The lowest BCUT2D eigenvalue weighted by atomic mass is 9.86. The molecule has 0 aliphatic carbocycles. The van der Waals surface area contributed by atoms with Gasteiger partial charge in [-0.15, -0.1) is 0 Å². The maximum atomic E-state index is 12.7. The van der Waals surface area contributed by atoms with E-state index in [-0.39, 0.29) is 17.7 Å². The topological polar surface area (TPSA) is 63.7 Å². The number of rotatable bonds is 2. The van der Waals surface area contributed by atoms with Crippen LogP contribution in [0.15, 0.2) is 26.0 Å². The van der Waals surface area contributed by atoms with Gasteiger partial charge in [-0.25, -0.2) is 4.79 Å². The highest BCUT2D eigenvalue weighted by atomic mass is 16.4. The minimum absolute atomic E-state index is 0.00346. The van der Waals surface area contributed by atoms with Gasteiger partial charge in [0.25, 0.3) is 0 Å². The Balaban J connectivity index is 1.90. The van der Waals surface area contributed by atoms with Gasteiger partial charge in [0.1, 0.15) is 11.2 Å². The minimum atomic E-state index is -0.428. The van der Waals surface area contributed by atoms with Crippen molar-refractivity contribution < 1.29 is 13.6 Å². The molecule has 4 rings (SSSR count). The molecule has 1 aromatic carbocycles. The molecular formula is C23H27NO4. The van der Waals surface area contributed by atoms with Gasteiger partial charge in [-0.3, -0.25) is 4.79 Å². The summed E-state index contributed by atoms with van der Waals surface area (Å²) in [5, 5.41) is 1.91. The van der Waals surface area contributed by atoms with Crippen LogP contribution in [-0.4, -0.2) is 23.9 Å². The van der Waals surface area contributed by atoms with E-state index in [9.17, 15) is 9.59 Å². The van der Waals surface area contributed by atoms with Crippen LogP contribution in [0.2, 0.25) is 0 Å². The van der Waals surface area contributed by atoms with Gasteiger partial charge in [0, 0.05) is 35.0 Å². The molecule has 1 amide bonds. The van der Waals surface area contributed by atoms with Gasteiger partial charge in [0.15, 0.2) is 0 Å². The smallest absolute Gasteiger partial charge is 0.340 e. The first kappa shape index (κ1) is 18.8. The number of carbonyl (C=O) groups excluding carboxylic acids is 1. The molecule has 28 heavy (non-hydrogen) atoms. The Morgan fingerprint density at radius 2 is 1.75 bits per heavy atom. The molecule has 0 spiro atoms. The van der Waals surface area contributed by atoms with E-state index in [2.05, 4.69) is 20.8 Å². The van der Waals surface area contributed by atoms with Gasteiger partial charge in [-0.2, -0.15) is 0 Å². The van der Waals surface area contributed by atoms with E-state index in [1.807, 2.05) is 24.8 Å². The van der Waals surface area contributed by atoms with Crippen LogP contribution in [0, 0.1) is 13.8 Å². The van der Waals surface area contributed by atoms with Crippen LogP contribution in [0.1, 0.15) is 55.9 Å². The predicted molar refractivity (Wildman–Crippen MR) is 110 cm³/mol. The lowest BCUT2D eigenvalue weighted by Gasteiger charge is -2.18. The highest BCUT2D eigenvalue weighted by Gasteiger charge is 2.25. The molecule has 0 bridgehead atoms. The Morgan fingerprint density at radius 1 is 1.07 bits per heavy atom. The van der Waals surface area contributed by atoms with Crippen molar-refractivity contribution in [2.75, 3.05) is 13.1 Å². The zero-order valence-corrected chi connectivity index (χ0v) is 17.3. The first-order valence-corrected chi connectivity index (χ1v) is 9.94. The van der Waals surface area contributed by atoms with Crippen molar-refractivity contribution in [3.63, 3.8) is 0 Å². The summed E-state index contributed by atoms with van der Waals surface area (Å²) in [6.07, 6.45) is 3.95. The molecule has 5 nitrogen and oxygen atoms in total. The van der Waals surface area contributed by atoms with Crippen LogP contribution in [-0.2, 0) is 16.6 Å². The van der Waals surface area contributed by atoms with Crippen LogP contribution < -0.4 is 5.63 Å². The van der Waals surface area contributed by atoms with E-state index in [1.165, 1.54) is 0 Å². The zero-order chi connectivity index (χ0) is 20.2. The van der Waals surface area contributed by atoms with Crippen molar-refractivity contribution in [2.24, 2.45) is 0 Å². The number of aryl methyl sites for hydroxylation is 2. The Kier molecular flexibility index (Phi) is 4.36. The molecule has 0 unspecified atom stereocenters. The Bertz CT molecular complexity index is 1140. The first-order valence-electron chi connectivity index (χ1n) is 9.94. The number of carbonyl (C=O) groups is 1. The van der Waals surface area contributed by atoms with Crippen molar-refractivity contribution in [2.45, 2.75) is 59.3 Å². The molecule has 1 fully saturated rings. The van der Waals surface area contributed by atoms with Gasteiger partial charge in [-0.1, -0.05) is 20.8 Å². The van der Waals surface area contributed by atoms with E-state index >= 15 is 0 Å². The molecule has 0 radical (unpaired) electrons. The first-order chi connectivity index (χ1) is 13.2. The molecule has 1 aliphatic rings. The van der Waals surface area contributed by atoms with Crippen LogP contribution in [0.25, 0.3) is 21.9 Å². The molecule has 1 aliphatic heterocycles. The van der Waals surface area contributed by atoms with Gasteiger partial charge < -0.3 is 13.7 Å². The summed E-state index contributed by atoms with van der Waals surface area (Å²) >= 11 is 0. The number of amides is 1. The normalized spacial score (nSPS) is 15.1. The molecule has 148 valence electrons. The van der Waals surface area contributed by atoms with E-state index in [0.29, 0.717) is 11.1 Å². The number of nitrogens with zero attached hydrogens (tertiary/aromatic N) is 1. The van der Waals surface area contributed by atoms with Crippen molar-refractivity contribution in [1.82, 2.24) is 4.90 Å². The van der Waals surface area contributed by atoms with Crippen LogP contribution >= 0.6 is 0 Å². The number of hydrogen-bond donors (Lipinski definition) is 0. The van der Waals surface area contributed by atoms with Crippen molar-refractivity contribution in [1.29, 1.82) is 0 Å². The number of hydrogen-bond acceptors (Lipinski definition) is 4. The fourth-order valence-corrected chi connectivity index (χ4v) is 4.21. The van der Waals surface area contributed by atoms with Gasteiger partial charge >= 0.3 is 5.63 Å². The Hall–Kier alpha value is -2.56. The SMILES string of the molecule is Cc1c(CC(=O)N2CCCC2)c(=O)oc2c(C)c3occ(C(C)(C)C)c3cc12. The average molecular weight is 381 g/mol. The summed E-state index contributed by atoms with van der Waals surface area (Å²) in [6, 6.07) is 2.05. The van der Waals surface area contributed by atoms with Crippen LogP contribution in [0.5, 0.6) is 0 Å². The second-order valence-corrected chi connectivity index (χ2v) is 8.91. The van der Waals surface area contributed by atoms with Crippen molar-refractivity contribution in [3.05, 3.63) is 45.0 Å². The summed E-state index contributed by atoms with van der Waals surface area (Å²) in [5.74, 6) is 0.00346. The Labute approximate surface area is 164 Å². The van der Waals surface area contributed by atoms with Gasteiger partial charge in [0.2, 0.25) is 5.91 Å². The third-order valence-corrected chi connectivity index (χ3v) is 5.94. The molecule has 2 aromatic heterocycles.